The number of benzene rings is 1. The molecule has 18 heavy (non-hydrogen) atoms. The van der Waals surface area contributed by atoms with Crippen LogP contribution in [0.2, 0.25) is 0 Å². The van der Waals surface area contributed by atoms with Gasteiger partial charge in [-0.05, 0) is 24.6 Å². The summed E-state index contributed by atoms with van der Waals surface area (Å²) in [7, 11) is 1.29. The first kappa shape index (κ1) is 14.0. The third-order valence-corrected chi connectivity index (χ3v) is 2.23. The van der Waals surface area contributed by atoms with Crippen molar-refractivity contribution in [2.75, 3.05) is 13.7 Å². The average Bonchev–Trinajstić information content (AvgIpc) is 2.42. The summed E-state index contributed by atoms with van der Waals surface area (Å²) < 4.78 is 9.60. The number of carbonyl (C=O) groups excluding carboxylic acids is 2. The van der Waals surface area contributed by atoms with E-state index in [4.69, 9.17) is 4.74 Å². The van der Waals surface area contributed by atoms with Crippen LogP contribution in [0.15, 0.2) is 36.4 Å². The smallest absolute Gasteiger partial charge is 0.338 e. The van der Waals surface area contributed by atoms with Gasteiger partial charge in [-0.25, -0.2) is 9.59 Å². The minimum absolute atomic E-state index is 0.231. The van der Waals surface area contributed by atoms with Crippen LogP contribution >= 0.6 is 0 Å². The highest BCUT2D eigenvalue weighted by Gasteiger charge is 2.10. The molecule has 4 nitrogen and oxygen atoms in total. The first-order valence-corrected chi connectivity index (χ1v) is 5.69. The van der Waals surface area contributed by atoms with Gasteiger partial charge in [0.25, 0.3) is 0 Å². The Balaban J connectivity index is 2.68. The quantitative estimate of drug-likeness (QED) is 0.593. The number of rotatable bonds is 5. The summed E-state index contributed by atoms with van der Waals surface area (Å²) in [5.41, 5.74) is 0.666. The highest BCUT2D eigenvalue weighted by Crippen LogP contribution is 2.08. The molecule has 0 bridgehead atoms. The number of hydrogen-bond acceptors (Lipinski definition) is 4. The molecule has 0 saturated carbocycles. The van der Waals surface area contributed by atoms with Gasteiger partial charge in [0.1, 0.15) is 6.61 Å². The molecule has 0 N–H and O–H groups in total. The third kappa shape index (κ3) is 4.05. The summed E-state index contributed by atoms with van der Waals surface area (Å²) >= 11 is 0. The Hall–Kier alpha value is -2.10. The van der Waals surface area contributed by atoms with Gasteiger partial charge in [-0.2, -0.15) is 0 Å². The van der Waals surface area contributed by atoms with E-state index in [-0.39, 0.29) is 6.61 Å². The lowest BCUT2D eigenvalue weighted by molar-refractivity contribution is 0.0549. The molecule has 0 amide bonds. The minimum Gasteiger partial charge on any atom is -0.465 e. The Kier molecular flexibility index (Phi) is 5.64. The van der Waals surface area contributed by atoms with E-state index < -0.39 is 11.9 Å². The lowest BCUT2D eigenvalue weighted by Gasteiger charge is -2.04. The van der Waals surface area contributed by atoms with Crippen LogP contribution in [0.3, 0.4) is 0 Å². The Labute approximate surface area is 106 Å². The first-order valence-electron chi connectivity index (χ1n) is 5.69. The summed E-state index contributed by atoms with van der Waals surface area (Å²) in [5.74, 6) is -0.933. The minimum atomic E-state index is -0.476. The van der Waals surface area contributed by atoms with Crippen molar-refractivity contribution >= 4 is 11.9 Å². The summed E-state index contributed by atoms with van der Waals surface area (Å²) in [6.07, 6.45) is 4.59. The molecule has 1 aromatic carbocycles. The molecule has 1 aromatic rings. The Morgan fingerprint density at radius 2 is 1.83 bits per heavy atom. The molecule has 96 valence electrons. The maximum Gasteiger partial charge on any atom is 0.338 e. The molecule has 0 atom stereocenters. The van der Waals surface area contributed by atoms with Gasteiger partial charge in [-0.1, -0.05) is 25.1 Å². The molecule has 0 heterocycles. The second-order valence-electron chi connectivity index (χ2n) is 3.55. The van der Waals surface area contributed by atoms with Crippen LogP contribution in [-0.4, -0.2) is 25.7 Å². The van der Waals surface area contributed by atoms with Gasteiger partial charge >= 0.3 is 11.9 Å². The molecule has 0 aliphatic carbocycles. The summed E-state index contributed by atoms with van der Waals surface area (Å²) in [4.78, 5) is 23.0. The van der Waals surface area contributed by atoms with Crippen molar-refractivity contribution in [1.29, 1.82) is 0 Å². The number of methoxy groups -OCH3 is 1. The van der Waals surface area contributed by atoms with E-state index in [0.29, 0.717) is 11.1 Å². The SMILES string of the molecule is CCC=CCOC(=O)c1cccc(C(=O)OC)c1. The fourth-order valence-electron chi connectivity index (χ4n) is 1.33. The monoisotopic (exact) mass is 248 g/mol. The van der Waals surface area contributed by atoms with Crippen molar-refractivity contribution in [1.82, 2.24) is 0 Å². The zero-order valence-electron chi connectivity index (χ0n) is 10.5. The van der Waals surface area contributed by atoms with Crippen molar-refractivity contribution in [3.63, 3.8) is 0 Å². The number of allylic oxidation sites excluding steroid dienone is 1. The average molecular weight is 248 g/mol. The third-order valence-electron chi connectivity index (χ3n) is 2.23. The molecule has 0 radical (unpaired) electrons. The zero-order valence-corrected chi connectivity index (χ0v) is 10.5. The fourth-order valence-corrected chi connectivity index (χ4v) is 1.33. The van der Waals surface area contributed by atoms with Crippen LogP contribution in [-0.2, 0) is 9.47 Å². The molecular weight excluding hydrogens is 232 g/mol. The van der Waals surface area contributed by atoms with E-state index in [1.165, 1.54) is 13.2 Å². The van der Waals surface area contributed by atoms with E-state index in [2.05, 4.69) is 4.74 Å². The maximum absolute atomic E-state index is 11.7. The van der Waals surface area contributed by atoms with Gasteiger partial charge in [0.15, 0.2) is 0 Å². The van der Waals surface area contributed by atoms with Crippen LogP contribution in [0.4, 0.5) is 0 Å². The molecular formula is C14H16O4. The molecule has 4 heteroatoms. The summed E-state index contributed by atoms with van der Waals surface area (Å²) in [6, 6.07) is 6.25. The molecule has 1 rings (SSSR count). The Morgan fingerprint density at radius 1 is 1.17 bits per heavy atom. The van der Waals surface area contributed by atoms with Crippen molar-refractivity contribution in [3.05, 3.63) is 47.5 Å². The topological polar surface area (TPSA) is 52.6 Å². The molecule has 0 unspecified atom stereocenters. The summed E-state index contributed by atoms with van der Waals surface area (Å²) in [5, 5.41) is 0. The normalized spacial score (nSPS) is 10.3. The summed E-state index contributed by atoms with van der Waals surface area (Å²) in [6.45, 7) is 2.23. The molecule has 0 aliphatic rings. The van der Waals surface area contributed by atoms with E-state index >= 15 is 0 Å². The molecule has 0 spiro atoms. The van der Waals surface area contributed by atoms with Crippen LogP contribution in [0.5, 0.6) is 0 Å². The lowest BCUT2D eigenvalue weighted by Crippen LogP contribution is -2.08. The zero-order chi connectivity index (χ0) is 13.4. The van der Waals surface area contributed by atoms with Crippen molar-refractivity contribution in [2.45, 2.75) is 13.3 Å². The standard InChI is InChI=1S/C14H16O4/c1-3-4-5-9-18-14(16)12-8-6-7-11(10-12)13(15)17-2/h4-8,10H,3,9H2,1-2H3. The molecule has 0 aliphatic heterocycles. The number of esters is 2. The maximum atomic E-state index is 11.7. The van der Waals surface area contributed by atoms with Crippen molar-refractivity contribution < 1.29 is 19.1 Å². The van der Waals surface area contributed by atoms with E-state index in [0.717, 1.165) is 6.42 Å². The van der Waals surface area contributed by atoms with Gasteiger partial charge in [0.05, 0.1) is 18.2 Å². The fraction of sp³-hybridized carbons (Fsp3) is 0.286. The van der Waals surface area contributed by atoms with Crippen molar-refractivity contribution in [2.24, 2.45) is 0 Å². The number of ether oxygens (including phenoxy) is 2. The van der Waals surface area contributed by atoms with E-state index in [1.807, 2.05) is 13.0 Å². The highest BCUT2D eigenvalue weighted by molar-refractivity contribution is 5.95. The van der Waals surface area contributed by atoms with Gasteiger partial charge in [0.2, 0.25) is 0 Å². The lowest BCUT2D eigenvalue weighted by atomic mass is 10.1. The van der Waals surface area contributed by atoms with Gasteiger partial charge in [-0.3, -0.25) is 0 Å². The predicted octanol–water partition coefficient (Wildman–Crippen LogP) is 2.60. The predicted molar refractivity (Wildman–Crippen MR) is 67.5 cm³/mol. The van der Waals surface area contributed by atoms with E-state index in [1.54, 1.807) is 24.3 Å². The van der Waals surface area contributed by atoms with Gasteiger partial charge < -0.3 is 9.47 Å². The van der Waals surface area contributed by atoms with Gasteiger partial charge in [-0.15, -0.1) is 0 Å². The number of carbonyl (C=O) groups is 2. The number of hydrogen-bond donors (Lipinski definition) is 0. The Morgan fingerprint density at radius 3 is 2.44 bits per heavy atom. The second kappa shape index (κ2) is 7.27. The molecule has 0 saturated heterocycles. The van der Waals surface area contributed by atoms with Gasteiger partial charge in [0, 0.05) is 0 Å². The first-order chi connectivity index (χ1) is 8.69. The Bertz CT molecular complexity index is 449. The van der Waals surface area contributed by atoms with Crippen LogP contribution in [0, 0.1) is 0 Å². The van der Waals surface area contributed by atoms with Crippen molar-refractivity contribution in [3.8, 4) is 0 Å². The molecule has 0 fully saturated rings. The molecule has 0 aromatic heterocycles. The van der Waals surface area contributed by atoms with Crippen LogP contribution in [0.1, 0.15) is 34.1 Å². The largest absolute Gasteiger partial charge is 0.465 e. The highest BCUT2D eigenvalue weighted by atomic mass is 16.5. The van der Waals surface area contributed by atoms with Crippen LogP contribution in [0.25, 0.3) is 0 Å². The second-order valence-corrected chi connectivity index (χ2v) is 3.55. The van der Waals surface area contributed by atoms with Crippen LogP contribution < -0.4 is 0 Å². The van der Waals surface area contributed by atoms with E-state index in [9.17, 15) is 9.59 Å².